The van der Waals surface area contributed by atoms with Gasteiger partial charge in [-0.25, -0.2) is 4.98 Å². The van der Waals surface area contributed by atoms with Crippen LogP contribution in [0, 0.1) is 6.92 Å². The second-order valence-electron chi connectivity index (χ2n) is 5.01. The Morgan fingerprint density at radius 3 is 2.96 bits per heavy atom. The first-order valence-corrected chi connectivity index (χ1v) is 7.91. The Balaban J connectivity index is 1.55. The van der Waals surface area contributed by atoms with Crippen LogP contribution in [0.2, 0.25) is 0 Å². The third-order valence-corrected chi connectivity index (χ3v) is 4.00. The van der Waals surface area contributed by atoms with E-state index in [2.05, 4.69) is 25.5 Å². The quantitative estimate of drug-likeness (QED) is 0.587. The third kappa shape index (κ3) is 3.00. The molecule has 0 spiro atoms. The SMILES string of the molecule is Cc1cc(Nc2cccc(Oc3ccc4ncsc4c3)n2)n[nH]1. The molecule has 7 heteroatoms. The summed E-state index contributed by atoms with van der Waals surface area (Å²) in [4.78, 5) is 8.70. The van der Waals surface area contributed by atoms with Gasteiger partial charge < -0.3 is 10.1 Å². The van der Waals surface area contributed by atoms with Gasteiger partial charge in [0.05, 0.1) is 15.7 Å². The second kappa shape index (κ2) is 5.69. The average Bonchev–Trinajstić information content (AvgIpc) is 3.16. The Morgan fingerprint density at radius 1 is 1.13 bits per heavy atom. The first-order chi connectivity index (χ1) is 11.3. The average molecular weight is 323 g/mol. The zero-order valence-electron chi connectivity index (χ0n) is 12.3. The van der Waals surface area contributed by atoms with Gasteiger partial charge in [-0.05, 0) is 25.1 Å². The molecule has 0 radical (unpaired) electrons. The molecular weight excluding hydrogens is 310 g/mol. The molecule has 0 unspecified atom stereocenters. The number of fused-ring (bicyclic) bond motifs is 1. The maximum Gasteiger partial charge on any atom is 0.221 e. The predicted octanol–water partition coefficient (Wildman–Crippen LogP) is 4.26. The lowest BCUT2D eigenvalue weighted by Crippen LogP contribution is -1.95. The second-order valence-corrected chi connectivity index (χ2v) is 5.89. The summed E-state index contributed by atoms with van der Waals surface area (Å²) in [6.07, 6.45) is 0. The molecule has 0 aliphatic carbocycles. The molecular formula is C16H13N5OS. The first kappa shape index (κ1) is 13.7. The van der Waals surface area contributed by atoms with Gasteiger partial charge in [0.2, 0.25) is 5.88 Å². The number of thiazole rings is 1. The summed E-state index contributed by atoms with van der Waals surface area (Å²) in [6.45, 7) is 1.95. The summed E-state index contributed by atoms with van der Waals surface area (Å²) >= 11 is 1.58. The standard InChI is InChI=1S/C16H13N5OS/c1-10-7-15(21-20-10)18-14-3-2-4-16(19-14)22-11-5-6-12-13(8-11)23-9-17-12/h2-9H,1H3,(H2,18,19,20,21). The molecule has 0 aliphatic heterocycles. The lowest BCUT2D eigenvalue weighted by molar-refractivity contribution is 0.464. The van der Waals surface area contributed by atoms with E-state index in [0.717, 1.165) is 27.5 Å². The van der Waals surface area contributed by atoms with E-state index in [-0.39, 0.29) is 0 Å². The van der Waals surface area contributed by atoms with E-state index in [1.807, 2.05) is 54.9 Å². The Labute approximate surface area is 136 Å². The highest BCUT2D eigenvalue weighted by atomic mass is 32.1. The summed E-state index contributed by atoms with van der Waals surface area (Å²) in [7, 11) is 0. The molecule has 2 N–H and O–H groups in total. The molecule has 0 saturated carbocycles. The van der Waals surface area contributed by atoms with E-state index < -0.39 is 0 Å². The van der Waals surface area contributed by atoms with E-state index in [9.17, 15) is 0 Å². The van der Waals surface area contributed by atoms with Gasteiger partial charge in [-0.1, -0.05) is 6.07 Å². The van der Waals surface area contributed by atoms with Crippen molar-refractivity contribution in [2.75, 3.05) is 5.32 Å². The summed E-state index contributed by atoms with van der Waals surface area (Å²) < 4.78 is 6.93. The van der Waals surface area contributed by atoms with Crippen LogP contribution in [0.15, 0.2) is 48.0 Å². The van der Waals surface area contributed by atoms with Crippen LogP contribution in [-0.2, 0) is 0 Å². The lowest BCUT2D eigenvalue weighted by atomic mass is 10.3. The lowest BCUT2D eigenvalue weighted by Gasteiger charge is -2.07. The van der Waals surface area contributed by atoms with Crippen molar-refractivity contribution >= 4 is 33.2 Å². The van der Waals surface area contributed by atoms with Gasteiger partial charge in [0.1, 0.15) is 11.6 Å². The fourth-order valence-corrected chi connectivity index (χ4v) is 2.88. The Hall–Kier alpha value is -2.93. The number of nitrogens with one attached hydrogen (secondary N) is 2. The minimum Gasteiger partial charge on any atom is -0.439 e. The predicted molar refractivity (Wildman–Crippen MR) is 90.5 cm³/mol. The third-order valence-electron chi connectivity index (χ3n) is 3.21. The van der Waals surface area contributed by atoms with Crippen molar-refractivity contribution in [2.45, 2.75) is 6.92 Å². The van der Waals surface area contributed by atoms with Crippen molar-refractivity contribution in [3.63, 3.8) is 0 Å². The minimum atomic E-state index is 0.520. The van der Waals surface area contributed by atoms with Crippen LogP contribution >= 0.6 is 11.3 Å². The summed E-state index contributed by atoms with van der Waals surface area (Å²) in [5.74, 6) is 2.65. The molecule has 6 nitrogen and oxygen atoms in total. The van der Waals surface area contributed by atoms with E-state index in [0.29, 0.717) is 11.7 Å². The topological polar surface area (TPSA) is 75.7 Å². The highest BCUT2D eigenvalue weighted by Crippen LogP contribution is 2.27. The minimum absolute atomic E-state index is 0.520. The zero-order valence-corrected chi connectivity index (χ0v) is 13.1. The number of ether oxygens (including phenoxy) is 1. The van der Waals surface area contributed by atoms with Gasteiger partial charge in [0, 0.05) is 23.9 Å². The smallest absolute Gasteiger partial charge is 0.221 e. The highest BCUT2D eigenvalue weighted by Gasteiger charge is 2.05. The molecule has 0 saturated heterocycles. The van der Waals surface area contributed by atoms with Gasteiger partial charge in [-0.3, -0.25) is 5.10 Å². The normalized spacial score (nSPS) is 10.8. The Morgan fingerprint density at radius 2 is 2.09 bits per heavy atom. The fourth-order valence-electron chi connectivity index (χ4n) is 2.17. The number of aryl methyl sites for hydroxylation is 1. The van der Waals surface area contributed by atoms with Crippen LogP contribution in [0.4, 0.5) is 11.6 Å². The highest BCUT2D eigenvalue weighted by molar-refractivity contribution is 7.16. The summed E-state index contributed by atoms with van der Waals surface area (Å²) in [5.41, 5.74) is 3.78. The zero-order chi connectivity index (χ0) is 15.6. The molecule has 114 valence electrons. The number of rotatable bonds is 4. The molecule has 0 atom stereocenters. The van der Waals surface area contributed by atoms with Gasteiger partial charge >= 0.3 is 0 Å². The molecule has 1 aromatic carbocycles. The monoisotopic (exact) mass is 323 g/mol. The van der Waals surface area contributed by atoms with E-state index in [1.165, 1.54) is 0 Å². The molecule has 0 amide bonds. The van der Waals surface area contributed by atoms with Crippen LogP contribution in [0.3, 0.4) is 0 Å². The summed E-state index contributed by atoms with van der Waals surface area (Å²) in [6, 6.07) is 13.3. The van der Waals surface area contributed by atoms with Gasteiger partial charge in [0.15, 0.2) is 5.82 Å². The molecule has 4 aromatic rings. The number of pyridine rings is 1. The molecule has 3 aromatic heterocycles. The van der Waals surface area contributed by atoms with Crippen molar-refractivity contribution in [3.05, 3.63) is 53.7 Å². The van der Waals surface area contributed by atoms with Crippen molar-refractivity contribution < 1.29 is 4.74 Å². The largest absolute Gasteiger partial charge is 0.439 e. The van der Waals surface area contributed by atoms with Crippen molar-refractivity contribution in [1.29, 1.82) is 0 Å². The number of hydrogen-bond donors (Lipinski definition) is 2. The maximum absolute atomic E-state index is 5.84. The van der Waals surface area contributed by atoms with Gasteiger partial charge in [-0.15, -0.1) is 11.3 Å². The van der Waals surface area contributed by atoms with Gasteiger partial charge in [-0.2, -0.15) is 10.1 Å². The molecule has 23 heavy (non-hydrogen) atoms. The van der Waals surface area contributed by atoms with Gasteiger partial charge in [0.25, 0.3) is 0 Å². The molecule has 3 heterocycles. The van der Waals surface area contributed by atoms with E-state index >= 15 is 0 Å². The maximum atomic E-state index is 5.84. The number of H-pyrrole nitrogens is 1. The van der Waals surface area contributed by atoms with Crippen molar-refractivity contribution in [1.82, 2.24) is 20.2 Å². The molecule has 4 rings (SSSR count). The number of aromatic amines is 1. The van der Waals surface area contributed by atoms with Crippen LogP contribution < -0.4 is 10.1 Å². The molecule has 0 fully saturated rings. The van der Waals surface area contributed by atoms with E-state index in [4.69, 9.17) is 4.74 Å². The number of nitrogens with zero attached hydrogens (tertiary/aromatic N) is 3. The van der Waals surface area contributed by atoms with E-state index in [1.54, 1.807) is 11.3 Å². The number of anilines is 2. The fraction of sp³-hybridized carbons (Fsp3) is 0.0625. The van der Waals surface area contributed by atoms with Crippen LogP contribution in [0.1, 0.15) is 5.69 Å². The van der Waals surface area contributed by atoms with Crippen molar-refractivity contribution in [3.8, 4) is 11.6 Å². The van der Waals surface area contributed by atoms with Crippen LogP contribution in [-0.4, -0.2) is 20.2 Å². The number of hydrogen-bond acceptors (Lipinski definition) is 6. The summed E-state index contributed by atoms with van der Waals surface area (Å²) in [5, 5.41) is 10.1. The van der Waals surface area contributed by atoms with Crippen LogP contribution in [0.25, 0.3) is 10.2 Å². The Bertz CT molecular complexity index is 962. The van der Waals surface area contributed by atoms with Crippen LogP contribution in [0.5, 0.6) is 11.6 Å². The number of benzene rings is 1. The number of aromatic nitrogens is 4. The van der Waals surface area contributed by atoms with Crippen molar-refractivity contribution in [2.24, 2.45) is 0 Å². The Kier molecular flexibility index (Phi) is 3.39. The first-order valence-electron chi connectivity index (χ1n) is 7.03. The molecule has 0 aliphatic rings. The molecule has 0 bridgehead atoms.